The fourth-order valence-electron chi connectivity index (χ4n) is 1.61. The Labute approximate surface area is 117 Å². The van der Waals surface area contributed by atoms with Crippen LogP contribution in [0.2, 0.25) is 0 Å². The van der Waals surface area contributed by atoms with E-state index in [9.17, 15) is 14.7 Å². The number of benzene rings is 1. The van der Waals surface area contributed by atoms with Gasteiger partial charge >= 0.3 is 11.9 Å². The molecule has 0 aliphatic carbocycles. The Morgan fingerprint density at radius 2 is 1.85 bits per heavy atom. The van der Waals surface area contributed by atoms with Crippen molar-refractivity contribution in [3.05, 3.63) is 48.0 Å². The maximum atomic E-state index is 11.9. The molecular weight excluding hydrogens is 260 g/mol. The van der Waals surface area contributed by atoms with Crippen LogP contribution in [-0.4, -0.2) is 30.3 Å². The quantitative estimate of drug-likeness (QED) is 0.488. The molecule has 0 radical (unpaired) electrons. The molecule has 108 valence electrons. The zero-order chi connectivity index (χ0) is 15.2. The summed E-state index contributed by atoms with van der Waals surface area (Å²) in [6.07, 6.45) is 1.03. The second-order valence-electron chi connectivity index (χ2n) is 4.61. The monoisotopic (exact) mass is 278 g/mol. The summed E-state index contributed by atoms with van der Waals surface area (Å²) in [6.45, 7) is 6.33. The average Bonchev–Trinajstić information content (AvgIpc) is 2.42. The van der Waals surface area contributed by atoms with Gasteiger partial charge in [0.1, 0.15) is 13.2 Å². The topological polar surface area (TPSA) is 72.8 Å². The number of rotatable bonds is 6. The van der Waals surface area contributed by atoms with E-state index >= 15 is 0 Å². The van der Waals surface area contributed by atoms with Gasteiger partial charge in [-0.15, -0.1) is 0 Å². The number of ether oxygens (including phenoxy) is 2. The molecule has 0 fully saturated rings. The largest absolute Gasteiger partial charge is 0.459 e. The third-order valence-corrected chi connectivity index (χ3v) is 2.53. The first kappa shape index (κ1) is 15.9. The first-order valence-electron chi connectivity index (χ1n) is 6.14. The highest BCUT2D eigenvalue weighted by Crippen LogP contribution is 2.23. The van der Waals surface area contributed by atoms with Crippen LogP contribution in [0.15, 0.2) is 36.9 Å². The Hall–Kier alpha value is -2.14. The van der Waals surface area contributed by atoms with Gasteiger partial charge in [-0.1, -0.05) is 24.8 Å². The maximum absolute atomic E-state index is 11.9. The van der Waals surface area contributed by atoms with Crippen molar-refractivity contribution in [3.63, 3.8) is 0 Å². The standard InChI is InChI=1S/C15H18O5/c1-4-13(16)19-9-10-20-14(17)11-7-5-6-8-12(11)15(2,3)18/h4-8,18H,1,9-10H2,2-3H3. The third kappa shape index (κ3) is 4.51. The molecule has 0 spiro atoms. The van der Waals surface area contributed by atoms with E-state index in [1.165, 1.54) is 0 Å². The first-order valence-corrected chi connectivity index (χ1v) is 6.14. The predicted molar refractivity (Wildman–Crippen MR) is 73.1 cm³/mol. The van der Waals surface area contributed by atoms with Crippen LogP contribution in [0.1, 0.15) is 29.8 Å². The van der Waals surface area contributed by atoms with Gasteiger partial charge in [0.05, 0.1) is 11.2 Å². The van der Waals surface area contributed by atoms with E-state index in [1.807, 2.05) is 0 Å². The second-order valence-corrected chi connectivity index (χ2v) is 4.61. The zero-order valence-corrected chi connectivity index (χ0v) is 11.6. The molecule has 0 amide bonds. The van der Waals surface area contributed by atoms with Gasteiger partial charge in [-0.05, 0) is 25.5 Å². The average molecular weight is 278 g/mol. The molecule has 5 nitrogen and oxygen atoms in total. The van der Waals surface area contributed by atoms with Crippen LogP contribution >= 0.6 is 0 Å². The molecule has 0 aliphatic rings. The Bertz CT molecular complexity index is 499. The zero-order valence-electron chi connectivity index (χ0n) is 11.6. The highest BCUT2D eigenvalue weighted by molar-refractivity contribution is 5.91. The van der Waals surface area contributed by atoms with E-state index < -0.39 is 17.5 Å². The minimum absolute atomic E-state index is 0.0404. The van der Waals surface area contributed by atoms with E-state index in [1.54, 1.807) is 38.1 Å². The molecular formula is C15H18O5. The van der Waals surface area contributed by atoms with Gasteiger partial charge in [-0.3, -0.25) is 0 Å². The van der Waals surface area contributed by atoms with Gasteiger partial charge < -0.3 is 14.6 Å². The van der Waals surface area contributed by atoms with Crippen LogP contribution in [-0.2, 0) is 19.9 Å². The highest BCUT2D eigenvalue weighted by Gasteiger charge is 2.23. The molecule has 0 aliphatic heterocycles. The van der Waals surface area contributed by atoms with Gasteiger partial charge in [-0.2, -0.15) is 0 Å². The number of hydrogen-bond acceptors (Lipinski definition) is 5. The first-order chi connectivity index (χ1) is 9.36. The summed E-state index contributed by atoms with van der Waals surface area (Å²) in [5, 5.41) is 10.0. The number of carbonyl (C=O) groups excluding carboxylic acids is 2. The molecule has 1 rings (SSSR count). The molecule has 20 heavy (non-hydrogen) atoms. The molecule has 0 aromatic heterocycles. The van der Waals surface area contributed by atoms with Crippen LogP contribution in [0, 0.1) is 0 Å². The van der Waals surface area contributed by atoms with Crippen molar-refractivity contribution in [2.75, 3.05) is 13.2 Å². The lowest BCUT2D eigenvalue weighted by Gasteiger charge is -2.20. The van der Waals surface area contributed by atoms with Gasteiger partial charge in [-0.25, -0.2) is 9.59 Å². The number of carbonyl (C=O) groups is 2. The van der Waals surface area contributed by atoms with Crippen molar-refractivity contribution in [1.82, 2.24) is 0 Å². The summed E-state index contributed by atoms with van der Waals surface area (Å²) in [5.74, 6) is -1.14. The molecule has 0 atom stereocenters. The summed E-state index contributed by atoms with van der Waals surface area (Å²) in [7, 11) is 0. The van der Waals surface area contributed by atoms with Gasteiger partial charge in [0.2, 0.25) is 0 Å². The van der Waals surface area contributed by atoms with E-state index in [4.69, 9.17) is 9.47 Å². The minimum Gasteiger partial charge on any atom is -0.459 e. The van der Waals surface area contributed by atoms with E-state index in [2.05, 4.69) is 6.58 Å². The molecule has 0 bridgehead atoms. The number of aliphatic hydroxyl groups is 1. The molecule has 0 saturated heterocycles. The molecule has 5 heteroatoms. The van der Waals surface area contributed by atoms with Crippen LogP contribution in [0.5, 0.6) is 0 Å². The van der Waals surface area contributed by atoms with Gasteiger partial charge in [0.15, 0.2) is 0 Å². The van der Waals surface area contributed by atoms with Crippen LogP contribution in [0.25, 0.3) is 0 Å². The van der Waals surface area contributed by atoms with Crippen molar-refractivity contribution >= 4 is 11.9 Å². The third-order valence-electron chi connectivity index (χ3n) is 2.53. The summed E-state index contributed by atoms with van der Waals surface area (Å²) >= 11 is 0. The summed E-state index contributed by atoms with van der Waals surface area (Å²) in [5.41, 5.74) is -0.381. The Morgan fingerprint density at radius 1 is 1.25 bits per heavy atom. The predicted octanol–water partition coefficient (Wildman–Crippen LogP) is 1.80. The smallest absolute Gasteiger partial charge is 0.338 e. The van der Waals surface area contributed by atoms with Crippen molar-refractivity contribution in [2.24, 2.45) is 0 Å². The number of hydrogen-bond donors (Lipinski definition) is 1. The fraction of sp³-hybridized carbons (Fsp3) is 0.333. The van der Waals surface area contributed by atoms with Gasteiger partial charge in [0, 0.05) is 6.08 Å². The van der Waals surface area contributed by atoms with E-state index in [0.717, 1.165) is 6.08 Å². The van der Waals surface area contributed by atoms with E-state index in [0.29, 0.717) is 5.56 Å². The van der Waals surface area contributed by atoms with E-state index in [-0.39, 0.29) is 18.8 Å². The van der Waals surface area contributed by atoms with Gasteiger partial charge in [0.25, 0.3) is 0 Å². The van der Waals surface area contributed by atoms with Crippen molar-refractivity contribution in [3.8, 4) is 0 Å². The molecule has 0 heterocycles. The molecule has 1 N–H and O–H groups in total. The van der Waals surface area contributed by atoms with Crippen LogP contribution < -0.4 is 0 Å². The lowest BCUT2D eigenvalue weighted by atomic mass is 9.93. The summed E-state index contributed by atoms with van der Waals surface area (Å²) in [6, 6.07) is 6.65. The lowest BCUT2D eigenvalue weighted by molar-refractivity contribution is -0.138. The summed E-state index contributed by atoms with van der Waals surface area (Å²) < 4.78 is 9.69. The number of esters is 2. The molecule has 1 aromatic carbocycles. The highest BCUT2D eigenvalue weighted by atomic mass is 16.6. The Kier molecular flexibility index (Phi) is 5.46. The van der Waals surface area contributed by atoms with Crippen LogP contribution in [0.4, 0.5) is 0 Å². The minimum atomic E-state index is -1.15. The molecule has 0 unspecified atom stereocenters. The second kappa shape index (κ2) is 6.86. The SMILES string of the molecule is C=CC(=O)OCCOC(=O)c1ccccc1C(C)(C)O. The van der Waals surface area contributed by atoms with Crippen molar-refractivity contribution in [1.29, 1.82) is 0 Å². The Morgan fingerprint density at radius 3 is 2.45 bits per heavy atom. The van der Waals surface area contributed by atoms with Crippen LogP contribution in [0.3, 0.4) is 0 Å². The molecule has 1 aromatic rings. The van der Waals surface area contributed by atoms with Crippen molar-refractivity contribution in [2.45, 2.75) is 19.4 Å². The summed E-state index contributed by atoms with van der Waals surface area (Å²) in [4.78, 5) is 22.7. The lowest BCUT2D eigenvalue weighted by Crippen LogP contribution is -2.21. The normalized spacial score (nSPS) is 10.8. The Balaban J connectivity index is 2.65. The van der Waals surface area contributed by atoms with Crippen molar-refractivity contribution < 1.29 is 24.2 Å². The maximum Gasteiger partial charge on any atom is 0.338 e. The fourth-order valence-corrected chi connectivity index (χ4v) is 1.61. The molecule has 0 saturated carbocycles.